The van der Waals surface area contributed by atoms with Crippen LogP contribution in [0.25, 0.3) is 11.1 Å². The van der Waals surface area contributed by atoms with E-state index in [1.807, 2.05) is 60.9 Å². The highest BCUT2D eigenvalue weighted by Gasteiger charge is 2.35. The molecule has 0 fully saturated rings. The van der Waals surface area contributed by atoms with E-state index < -0.39 is 0 Å². The first kappa shape index (κ1) is 37.1. The van der Waals surface area contributed by atoms with Gasteiger partial charge in [-0.05, 0) is 58.7 Å². The summed E-state index contributed by atoms with van der Waals surface area (Å²) >= 11 is 0. The maximum Gasteiger partial charge on any atom is 0.260 e. The highest BCUT2D eigenvalue weighted by Crippen LogP contribution is 2.42. The van der Waals surface area contributed by atoms with Crippen LogP contribution in [0.1, 0.15) is 58.0 Å². The first-order chi connectivity index (χ1) is 27.7. The number of ether oxygens (including phenoxy) is 5. The third-order valence-electron chi connectivity index (χ3n) is 10.3. The molecule has 13 heteroatoms. The van der Waals surface area contributed by atoms with Crippen LogP contribution in [0, 0.1) is 0 Å². The normalized spacial score (nSPS) is 17.7. The molecule has 0 bridgehead atoms. The Balaban J connectivity index is 0.899. The number of amides is 3. The van der Waals surface area contributed by atoms with Crippen LogP contribution in [0.4, 0.5) is 17.1 Å². The Morgan fingerprint density at radius 2 is 1.14 bits per heavy atom. The van der Waals surface area contributed by atoms with Crippen LogP contribution in [-0.2, 0) is 4.79 Å². The average molecular weight is 768 g/mol. The van der Waals surface area contributed by atoms with Crippen molar-refractivity contribution in [1.29, 1.82) is 0 Å². The van der Waals surface area contributed by atoms with Gasteiger partial charge >= 0.3 is 0 Å². The lowest BCUT2D eigenvalue weighted by Crippen LogP contribution is -2.32. The fourth-order valence-corrected chi connectivity index (χ4v) is 7.34. The Bertz CT molecular complexity index is 2370. The van der Waals surface area contributed by atoms with Crippen LogP contribution in [0.5, 0.6) is 28.7 Å². The number of carbonyl (C=O) groups is 3. The maximum atomic E-state index is 13.8. The number of nitrogens with one attached hydrogen (secondary N) is 1. The second-order valence-electron chi connectivity index (χ2n) is 13.9. The zero-order valence-electron chi connectivity index (χ0n) is 32.0. The van der Waals surface area contributed by atoms with Crippen LogP contribution >= 0.6 is 0 Å². The molecular formula is C44H41N5O8. The van der Waals surface area contributed by atoms with E-state index in [-0.39, 0.29) is 36.4 Å². The standard InChI is InChI=1S/C44H41N5O8/c1-26(50)47-31-10-6-27(7-11-31)29-16-32-22-45-37-20-41(39(54-3)18-35(37)43(51)48(32)24-29)56-14-5-15-57-42-21-38-36(19-40(42)55-4)44(52)49-25-30(17-33(49)23-46-38)28-8-12-34(53-2)13-9-28/h6-13,18-25,32-33H,5,14-17H2,1-4H3,(H,47,50)/t32-,33-/m0/s1. The summed E-state index contributed by atoms with van der Waals surface area (Å²) in [5.74, 6) is 2.04. The zero-order chi connectivity index (χ0) is 39.6. The Morgan fingerprint density at radius 3 is 1.58 bits per heavy atom. The average Bonchev–Trinajstić information content (AvgIpc) is 3.80. The molecule has 4 aromatic carbocycles. The van der Waals surface area contributed by atoms with Gasteiger partial charge in [-0.1, -0.05) is 24.3 Å². The van der Waals surface area contributed by atoms with Crippen molar-refractivity contribution in [3.8, 4) is 28.7 Å². The molecular weight excluding hydrogens is 727 g/mol. The summed E-state index contributed by atoms with van der Waals surface area (Å²) in [5.41, 5.74) is 6.58. The van der Waals surface area contributed by atoms with Gasteiger partial charge in [0.1, 0.15) is 5.75 Å². The SMILES string of the molecule is COc1ccc(C2=CN3C(=O)c4cc(OC)c(OCCCOc5cc6c(cc5OC)C(=O)N5C=C(c7ccc(NC(C)=O)cc7)C[C@H]5C=N6)cc4N=C[C@@H]3C2)cc1. The van der Waals surface area contributed by atoms with E-state index in [9.17, 15) is 14.4 Å². The number of hydrogen-bond donors (Lipinski definition) is 1. The van der Waals surface area contributed by atoms with E-state index in [4.69, 9.17) is 33.7 Å². The Morgan fingerprint density at radius 1 is 0.667 bits per heavy atom. The first-order valence-corrected chi connectivity index (χ1v) is 18.6. The van der Waals surface area contributed by atoms with Crippen molar-refractivity contribution >= 4 is 58.4 Å². The molecule has 0 aromatic heterocycles. The fourth-order valence-electron chi connectivity index (χ4n) is 7.34. The smallest absolute Gasteiger partial charge is 0.260 e. The van der Waals surface area contributed by atoms with Crippen molar-refractivity contribution in [3.05, 3.63) is 107 Å². The Labute approximate surface area is 329 Å². The molecule has 13 nitrogen and oxygen atoms in total. The molecule has 0 unspecified atom stereocenters. The number of anilines is 1. The van der Waals surface area contributed by atoms with E-state index in [1.165, 1.54) is 21.1 Å². The summed E-state index contributed by atoms with van der Waals surface area (Å²) in [6.07, 6.45) is 9.10. The molecule has 3 amide bonds. The van der Waals surface area contributed by atoms with E-state index >= 15 is 0 Å². The molecule has 1 N–H and O–H groups in total. The van der Waals surface area contributed by atoms with E-state index in [1.54, 1.807) is 53.6 Å². The summed E-state index contributed by atoms with van der Waals surface area (Å²) in [6, 6.07) is 21.7. The summed E-state index contributed by atoms with van der Waals surface area (Å²) in [6.45, 7) is 2.05. The monoisotopic (exact) mass is 767 g/mol. The van der Waals surface area contributed by atoms with Gasteiger partial charge in [-0.15, -0.1) is 0 Å². The van der Waals surface area contributed by atoms with Crippen molar-refractivity contribution in [2.45, 2.75) is 38.3 Å². The molecule has 4 aromatic rings. The molecule has 57 heavy (non-hydrogen) atoms. The van der Waals surface area contributed by atoms with Gasteiger partial charge in [-0.25, -0.2) is 0 Å². The van der Waals surface area contributed by atoms with E-state index in [0.29, 0.717) is 77.1 Å². The molecule has 0 aliphatic carbocycles. The third kappa shape index (κ3) is 7.43. The van der Waals surface area contributed by atoms with Crippen molar-refractivity contribution in [3.63, 3.8) is 0 Å². The molecule has 4 heterocycles. The van der Waals surface area contributed by atoms with Crippen LogP contribution in [0.15, 0.2) is 95.2 Å². The van der Waals surface area contributed by atoms with Crippen LogP contribution < -0.4 is 29.0 Å². The quantitative estimate of drug-likeness (QED) is 0.147. The van der Waals surface area contributed by atoms with Crippen molar-refractivity contribution in [1.82, 2.24) is 9.80 Å². The number of fused-ring (bicyclic) bond motifs is 4. The molecule has 4 aliphatic rings. The Kier molecular flexibility index (Phi) is 10.2. The lowest BCUT2D eigenvalue weighted by Gasteiger charge is -2.19. The molecule has 4 aliphatic heterocycles. The minimum Gasteiger partial charge on any atom is -0.497 e. The van der Waals surface area contributed by atoms with Crippen molar-refractivity contribution in [2.75, 3.05) is 39.9 Å². The molecule has 8 rings (SSSR count). The fraction of sp³-hybridized carbons (Fsp3) is 0.250. The third-order valence-corrected chi connectivity index (χ3v) is 10.3. The topological polar surface area (TPSA) is 141 Å². The van der Waals surface area contributed by atoms with Gasteiger partial charge in [0.15, 0.2) is 23.0 Å². The number of hydrogen-bond acceptors (Lipinski definition) is 10. The highest BCUT2D eigenvalue weighted by atomic mass is 16.5. The van der Waals surface area contributed by atoms with Crippen LogP contribution in [-0.4, -0.2) is 86.6 Å². The second kappa shape index (κ2) is 15.7. The zero-order valence-corrected chi connectivity index (χ0v) is 32.0. The van der Waals surface area contributed by atoms with Crippen LogP contribution in [0.2, 0.25) is 0 Å². The summed E-state index contributed by atoms with van der Waals surface area (Å²) in [4.78, 5) is 51.8. The highest BCUT2D eigenvalue weighted by molar-refractivity contribution is 6.06. The molecule has 290 valence electrons. The minimum absolute atomic E-state index is 0.136. The molecule has 0 spiro atoms. The predicted molar refractivity (Wildman–Crippen MR) is 217 cm³/mol. The van der Waals surface area contributed by atoms with Gasteiger partial charge < -0.3 is 38.8 Å². The van der Waals surface area contributed by atoms with Gasteiger partial charge in [-0.2, -0.15) is 0 Å². The lowest BCUT2D eigenvalue weighted by molar-refractivity contribution is -0.114. The van der Waals surface area contributed by atoms with Gasteiger partial charge in [-0.3, -0.25) is 24.4 Å². The number of benzene rings is 4. The molecule has 2 atom stereocenters. The lowest BCUT2D eigenvalue weighted by atomic mass is 10.0. The molecule has 0 saturated carbocycles. The second-order valence-corrected chi connectivity index (χ2v) is 13.9. The predicted octanol–water partition coefficient (Wildman–Crippen LogP) is 7.46. The van der Waals surface area contributed by atoms with Gasteiger partial charge in [0.25, 0.3) is 11.8 Å². The summed E-state index contributed by atoms with van der Waals surface area (Å²) in [7, 11) is 4.70. The van der Waals surface area contributed by atoms with E-state index in [0.717, 1.165) is 28.0 Å². The molecule has 0 saturated heterocycles. The van der Waals surface area contributed by atoms with Crippen molar-refractivity contribution < 1.29 is 38.1 Å². The van der Waals surface area contributed by atoms with Crippen LogP contribution in [0.3, 0.4) is 0 Å². The summed E-state index contributed by atoms with van der Waals surface area (Å²) < 4.78 is 28.8. The number of methoxy groups -OCH3 is 3. The maximum absolute atomic E-state index is 13.8. The van der Waals surface area contributed by atoms with Gasteiger partial charge in [0, 0.05) is 68.8 Å². The number of carbonyl (C=O) groups excluding carboxylic acids is 3. The first-order valence-electron chi connectivity index (χ1n) is 18.6. The van der Waals surface area contributed by atoms with Gasteiger partial charge in [0.2, 0.25) is 5.91 Å². The Hall–Kier alpha value is -6.89. The summed E-state index contributed by atoms with van der Waals surface area (Å²) in [5, 5.41) is 2.77. The number of aliphatic imine (C=N–C) groups is 2. The molecule has 0 radical (unpaired) electrons. The largest absolute Gasteiger partial charge is 0.497 e. The van der Waals surface area contributed by atoms with Crippen molar-refractivity contribution in [2.24, 2.45) is 9.98 Å². The minimum atomic E-state index is -0.247. The van der Waals surface area contributed by atoms with Gasteiger partial charge in [0.05, 0.1) is 69.1 Å². The number of rotatable bonds is 12. The number of nitrogens with zero attached hydrogens (tertiary/aromatic N) is 4. The van der Waals surface area contributed by atoms with E-state index in [2.05, 4.69) is 5.32 Å².